The van der Waals surface area contributed by atoms with Crippen LogP contribution in [0.15, 0.2) is 12.2 Å². The summed E-state index contributed by atoms with van der Waals surface area (Å²) >= 11 is 5.51. The van der Waals surface area contributed by atoms with E-state index in [2.05, 4.69) is 0 Å². The molecule has 0 unspecified atom stereocenters. The summed E-state index contributed by atoms with van der Waals surface area (Å²) in [6, 6.07) is 0.962. The molecule has 0 aromatic rings. The van der Waals surface area contributed by atoms with Crippen molar-refractivity contribution in [3.63, 3.8) is 0 Å². The van der Waals surface area contributed by atoms with Crippen LogP contribution in [-0.4, -0.2) is 15.0 Å². The van der Waals surface area contributed by atoms with E-state index in [0.717, 1.165) is 12.5 Å². The number of rotatable bonds is 5. The molecule has 0 rings (SSSR count). The molecule has 0 fully saturated rings. The van der Waals surface area contributed by atoms with E-state index in [4.69, 9.17) is 11.1 Å². The molecule has 0 nitrogen and oxygen atoms in total. The van der Waals surface area contributed by atoms with Crippen molar-refractivity contribution in [2.45, 2.75) is 31.5 Å². The van der Waals surface area contributed by atoms with Crippen LogP contribution in [-0.2, 0) is 0 Å². The van der Waals surface area contributed by atoms with Crippen molar-refractivity contribution in [2.75, 3.05) is 0 Å². The van der Waals surface area contributed by atoms with Gasteiger partial charge < -0.3 is 0 Å². The topological polar surface area (TPSA) is 0 Å². The first kappa shape index (κ1) is 12.0. The summed E-state index contributed by atoms with van der Waals surface area (Å²) < 4.78 is 34.7. The summed E-state index contributed by atoms with van der Waals surface area (Å²) in [6.07, 6.45) is -0.468. The van der Waals surface area contributed by atoms with Gasteiger partial charge in [-0.05, 0) is 18.9 Å². The molecule has 0 bridgehead atoms. The fourth-order valence-electron chi connectivity index (χ4n) is 0.678. The normalized spacial score (nSPS) is 13.7. The minimum absolute atomic E-state index is 0.0906. The lowest BCUT2D eigenvalue weighted by Gasteiger charge is -2.01. The molecular formula is C7H12ClF3Si. The van der Waals surface area contributed by atoms with Gasteiger partial charge in [0.25, 0.3) is 0 Å². The van der Waals surface area contributed by atoms with Gasteiger partial charge in [0.1, 0.15) is 8.83 Å². The van der Waals surface area contributed by atoms with Gasteiger partial charge >= 0.3 is 6.18 Å². The highest BCUT2D eigenvalue weighted by Gasteiger charge is 2.25. The zero-order valence-corrected chi connectivity index (χ0v) is 8.87. The van der Waals surface area contributed by atoms with Crippen LogP contribution in [0.2, 0.25) is 6.04 Å². The predicted molar refractivity (Wildman–Crippen MR) is 48.3 cm³/mol. The highest BCUT2D eigenvalue weighted by atomic mass is 35.6. The van der Waals surface area contributed by atoms with Crippen LogP contribution in [0.1, 0.15) is 19.3 Å². The molecule has 0 aromatic heterocycles. The summed E-state index contributed by atoms with van der Waals surface area (Å²) in [6.45, 7) is 0. The Kier molecular flexibility index (Phi) is 6.56. The van der Waals surface area contributed by atoms with Crippen LogP contribution >= 0.6 is 11.1 Å². The SMILES string of the molecule is FC(F)(F)CCC=CCC[SiH2]Cl. The van der Waals surface area contributed by atoms with E-state index < -0.39 is 21.4 Å². The third-order valence-electron chi connectivity index (χ3n) is 1.27. The lowest BCUT2D eigenvalue weighted by molar-refractivity contribution is -0.133. The summed E-state index contributed by atoms with van der Waals surface area (Å²) in [7, 11) is -0.449. The molecule has 0 aliphatic heterocycles. The summed E-state index contributed by atoms with van der Waals surface area (Å²) in [5, 5.41) is 0. The lowest BCUT2D eigenvalue weighted by Crippen LogP contribution is -2.05. The van der Waals surface area contributed by atoms with Crippen LogP contribution in [0, 0.1) is 0 Å². The van der Waals surface area contributed by atoms with E-state index in [0.29, 0.717) is 0 Å². The minimum atomic E-state index is -4.02. The smallest absolute Gasteiger partial charge is 0.176 e. The van der Waals surface area contributed by atoms with Crippen molar-refractivity contribution in [1.29, 1.82) is 0 Å². The second-order valence-corrected chi connectivity index (χ2v) is 4.68. The van der Waals surface area contributed by atoms with Crippen LogP contribution in [0.4, 0.5) is 13.2 Å². The minimum Gasteiger partial charge on any atom is -0.176 e. The van der Waals surface area contributed by atoms with Crippen LogP contribution in [0.5, 0.6) is 0 Å². The molecule has 0 N–H and O–H groups in total. The van der Waals surface area contributed by atoms with Crippen molar-refractivity contribution in [2.24, 2.45) is 0 Å². The van der Waals surface area contributed by atoms with E-state index in [1.807, 2.05) is 0 Å². The molecule has 0 radical (unpaired) electrons. The highest BCUT2D eigenvalue weighted by molar-refractivity contribution is 6.93. The second kappa shape index (κ2) is 6.54. The zero-order chi connectivity index (χ0) is 9.45. The van der Waals surface area contributed by atoms with Crippen molar-refractivity contribution < 1.29 is 13.2 Å². The van der Waals surface area contributed by atoms with Crippen molar-refractivity contribution >= 4 is 19.9 Å². The number of alkyl halides is 3. The molecule has 0 aliphatic rings. The molecule has 0 saturated carbocycles. The van der Waals surface area contributed by atoms with Gasteiger partial charge in [0.2, 0.25) is 0 Å². The Hall–Kier alpha value is 0.0369. The number of halogens is 4. The number of hydrogen-bond donors (Lipinski definition) is 0. The first-order valence-electron chi connectivity index (χ1n) is 3.84. The highest BCUT2D eigenvalue weighted by Crippen LogP contribution is 2.21. The molecule has 0 spiro atoms. The number of allylic oxidation sites excluding steroid dienone is 2. The maximum Gasteiger partial charge on any atom is 0.389 e. The first-order chi connectivity index (χ1) is 5.56. The first-order valence-corrected chi connectivity index (χ1v) is 6.98. The third kappa shape index (κ3) is 10.0. The molecule has 0 aliphatic carbocycles. The lowest BCUT2D eigenvalue weighted by atomic mass is 10.2. The summed E-state index contributed by atoms with van der Waals surface area (Å²) in [4.78, 5) is 0. The van der Waals surface area contributed by atoms with Crippen LogP contribution < -0.4 is 0 Å². The maximum atomic E-state index is 11.6. The maximum absolute atomic E-state index is 11.6. The average Bonchev–Trinajstić information content (AvgIpc) is 1.94. The monoisotopic (exact) mass is 216 g/mol. The fourth-order valence-corrected chi connectivity index (χ4v) is 1.53. The Morgan fingerprint density at radius 3 is 2.25 bits per heavy atom. The Labute approximate surface area is 77.3 Å². The van der Waals surface area contributed by atoms with Crippen LogP contribution in [0.25, 0.3) is 0 Å². The molecular weight excluding hydrogens is 205 g/mol. The Morgan fingerprint density at radius 2 is 1.75 bits per heavy atom. The van der Waals surface area contributed by atoms with Crippen LogP contribution in [0.3, 0.4) is 0 Å². The third-order valence-corrected chi connectivity index (χ3v) is 2.74. The summed E-state index contributed by atoms with van der Waals surface area (Å²) in [5.41, 5.74) is 0. The Morgan fingerprint density at radius 1 is 1.17 bits per heavy atom. The molecule has 0 saturated heterocycles. The van der Waals surface area contributed by atoms with Crippen molar-refractivity contribution in [1.82, 2.24) is 0 Å². The van der Waals surface area contributed by atoms with Gasteiger partial charge in [-0.2, -0.15) is 24.3 Å². The van der Waals surface area contributed by atoms with E-state index in [9.17, 15) is 13.2 Å². The van der Waals surface area contributed by atoms with Gasteiger partial charge in [-0.25, -0.2) is 0 Å². The quantitative estimate of drug-likeness (QED) is 0.287. The molecule has 0 amide bonds. The van der Waals surface area contributed by atoms with E-state index in [1.165, 1.54) is 0 Å². The number of hydrogen-bond acceptors (Lipinski definition) is 0. The van der Waals surface area contributed by atoms with Crippen molar-refractivity contribution in [3.05, 3.63) is 12.2 Å². The molecule has 0 aromatic carbocycles. The predicted octanol–water partition coefficient (Wildman–Crippen LogP) is 3.02. The van der Waals surface area contributed by atoms with Gasteiger partial charge in [-0.1, -0.05) is 12.2 Å². The van der Waals surface area contributed by atoms with Crippen molar-refractivity contribution in [3.8, 4) is 0 Å². The molecule has 5 heteroatoms. The molecule has 0 heterocycles. The van der Waals surface area contributed by atoms with E-state index >= 15 is 0 Å². The average molecular weight is 217 g/mol. The fraction of sp³-hybridized carbons (Fsp3) is 0.714. The summed E-state index contributed by atoms with van der Waals surface area (Å²) in [5.74, 6) is 0. The van der Waals surface area contributed by atoms with Gasteiger partial charge in [0, 0.05) is 6.42 Å². The molecule has 0 atom stereocenters. The van der Waals surface area contributed by atoms with Gasteiger partial charge in [0.05, 0.1) is 0 Å². The Bertz CT molecular complexity index is 133. The zero-order valence-electron chi connectivity index (χ0n) is 6.70. The van der Waals surface area contributed by atoms with E-state index in [1.54, 1.807) is 12.2 Å². The second-order valence-electron chi connectivity index (χ2n) is 2.46. The molecule has 72 valence electrons. The largest absolute Gasteiger partial charge is 0.389 e. The van der Waals surface area contributed by atoms with Gasteiger partial charge in [-0.3, -0.25) is 0 Å². The van der Waals surface area contributed by atoms with Gasteiger partial charge in [-0.15, -0.1) is 0 Å². The molecule has 12 heavy (non-hydrogen) atoms. The van der Waals surface area contributed by atoms with E-state index in [-0.39, 0.29) is 6.42 Å². The standard InChI is InChI=1S/C7H12ClF3Si/c8-12-6-4-2-1-3-5-7(9,10)11/h1-2H,3-6,12H2. The Balaban J connectivity index is 3.25. The van der Waals surface area contributed by atoms with Gasteiger partial charge in [0.15, 0.2) is 0 Å².